The van der Waals surface area contributed by atoms with Crippen LogP contribution < -0.4 is 5.46 Å². The fourth-order valence-electron chi connectivity index (χ4n) is 2.13. The van der Waals surface area contributed by atoms with Gasteiger partial charge >= 0.3 is 7.12 Å². The number of halogens is 3. The molecule has 2 N–H and O–H groups in total. The molecule has 2 aromatic heterocycles. The van der Waals surface area contributed by atoms with Crippen molar-refractivity contribution in [1.82, 2.24) is 9.97 Å². The second-order valence-corrected chi connectivity index (χ2v) is 8.44. The molecule has 4 rings (SSSR count). The zero-order valence-electron chi connectivity index (χ0n) is 15.7. The summed E-state index contributed by atoms with van der Waals surface area (Å²) in [5.41, 5.74) is 2.65. The van der Waals surface area contributed by atoms with E-state index in [2.05, 4.69) is 57.8 Å². The Morgan fingerprint density at radius 1 is 0.600 bits per heavy atom. The van der Waals surface area contributed by atoms with Gasteiger partial charge in [-0.15, -0.1) is 0 Å². The van der Waals surface area contributed by atoms with Crippen molar-refractivity contribution in [2.45, 2.75) is 0 Å². The second kappa shape index (κ2) is 13.5. The summed E-state index contributed by atoms with van der Waals surface area (Å²) in [7, 11) is -1.37. The lowest BCUT2D eigenvalue weighted by Gasteiger charge is -1.99. The Morgan fingerprint density at radius 2 is 1.13 bits per heavy atom. The lowest BCUT2D eigenvalue weighted by atomic mass is 9.81. The van der Waals surface area contributed by atoms with Crippen molar-refractivity contribution in [2.24, 2.45) is 0 Å². The highest BCUT2D eigenvalue weighted by atomic mass is 79.9. The Bertz CT molecular complexity index is 988. The van der Waals surface area contributed by atoms with Crippen LogP contribution >= 0.6 is 47.8 Å². The molecule has 8 heteroatoms. The second-order valence-electron chi connectivity index (χ2n) is 5.80. The SMILES string of the molecule is Brc1ccc(-c2ccccn2)cc1.Brc1ccccn1.OB(O)c1ccc(Br)cc1. The van der Waals surface area contributed by atoms with Gasteiger partial charge in [0.05, 0.1) is 5.69 Å². The fraction of sp³-hybridized carbons (Fsp3) is 0. The van der Waals surface area contributed by atoms with Gasteiger partial charge in [-0.05, 0) is 69.9 Å². The van der Waals surface area contributed by atoms with Crippen molar-refractivity contribution in [3.05, 3.63) is 111 Å². The molecular weight excluding hydrogens is 575 g/mol. The van der Waals surface area contributed by atoms with E-state index in [0.717, 1.165) is 24.8 Å². The van der Waals surface area contributed by atoms with Gasteiger partial charge in [0.25, 0.3) is 0 Å². The predicted molar refractivity (Wildman–Crippen MR) is 133 cm³/mol. The Kier molecular flexibility index (Phi) is 11.0. The predicted octanol–water partition coefficient (Wildman–Crippen LogP) is 5.48. The first-order valence-electron chi connectivity index (χ1n) is 8.81. The maximum absolute atomic E-state index is 8.65. The quantitative estimate of drug-likeness (QED) is 0.239. The highest BCUT2D eigenvalue weighted by Gasteiger charge is 2.08. The van der Waals surface area contributed by atoms with Crippen molar-refractivity contribution >= 4 is 60.4 Å². The zero-order chi connectivity index (χ0) is 21.8. The van der Waals surface area contributed by atoms with Crippen molar-refractivity contribution in [3.8, 4) is 11.3 Å². The Morgan fingerprint density at radius 3 is 1.53 bits per heavy atom. The van der Waals surface area contributed by atoms with E-state index in [4.69, 9.17) is 10.0 Å². The van der Waals surface area contributed by atoms with Gasteiger partial charge in [-0.3, -0.25) is 4.98 Å². The van der Waals surface area contributed by atoms with Crippen molar-refractivity contribution < 1.29 is 10.0 Å². The molecule has 0 radical (unpaired) electrons. The Hall–Kier alpha value is -1.84. The van der Waals surface area contributed by atoms with Gasteiger partial charge < -0.3 is 10.0 Å². The highest BCUT2D eigenvalue weighted by Crippen LogP contribution is 2.18. The molecule has 0 amide bonds. The summed E-state index contributed by atoms with van der Waals surface area (Å²) in [5, 5.41) is 17.3. The van der Waals surface area contributed by atoms with Gasteiger partial charge in [0.2, 0.25) is 0 Å². The number of pyridine rings is 2. The van der Waals surface area contributed by atoms with Crippen LogP contribution in [0.25, 0.3) is 11.3 Å². The first kappa shape index (κ1) is 24.4. The molecule has 0 aliphatic carbocycles. The summed E-state index contributed by atoms with van der Waals surface area (Å²) in [5.74, 6) is 0. The largest absolute Gasteiger partial charge is 0.488 e. The Labute approximate surface area is 201 Å². The summed E-state index contributed by atoms with van der Waals surface area (Å²) in [6.45, 7) is 0. The summed E-state index contributed by atoms with van der Waals surface area (Å²) >= 11 is 9.83. The van der Waals surface area contributed by atoms with E-state index >= 15 is 0 Å². The molecule has 0 bridgehead atoms. The third kappa shape index (κ3) is 9.32. The van der Waals surface area contributed by atoms with Crippen LogP contribution in [-0.2, 0) is 0 Å². The van der Waals surface area contributed by atoms with Crippen LogP contribution in [-0.4, -0.2) is 27.1 Å². The first-order chi connectivity index (χ1) is 14.5. The van der Waals surface area contributed by atoms with Gasteiger partial charge in [-0.2, -0.15) is 0 Å². The van der Waals surface area contributed by atoms with Crippen molar-refractivity contribution in [2.75, 3.05) is 0 Å². The van der Waals surface area contributed by atoms with E-state index in [1.54, 1.807) is 36.7 Å². The molecule has 4 aromatic rings. The van der Waals surface area contributed by atoms with Crippen LogP contribution in [0.4, 0.5) is 0 Å². The number of hydrogen-bond donors (Lipinski definition) is 2. The highest BCUT2D eigenvalue weighted by molar-refractivity contribution is 9.11. The van der Waals surface area contributed by atoms with E-state index < -0.39 is 7.12 Å². The van der Waals surface area contributed by atoms with E-state index in [1.807, 2.05) is 60.7 Å². The minimum atomic E-state index is -1.37. The van der Waals surface area contributed by atoms with Gasteiger partial charge in [0.15, 0.2) is 0 Å². The summed E-state index contributed by atoms with van der Waals surface area (Å²) < 4.78 is 2.90. The molecule has 0 aliphatic heterocycles. The number of rotatable bonds is 2. The van der Waals surface area contributed by atoms with Crippen LogP contribution in [0.5, 0.6) is 0 Å². The fourth-order valence-corrected chi connectivity index (χ4v) is 2.93. The molecule has 0 spiro atoms. The number of hydrogen-bond acceptors (Lipinski definition) is 4. The van der Waals surface area contributed by atoms with E-state index in [-0.39, 0.29) is 0 Å². The zero-order valence-corrected chi connectivity index (χ0v) is 20.5. The van der Waals surface area contributed by atoms with Gasteiger partial charge in [-0.25, -0.2) is 4.98 Å². The summed E-state index contributed by atoms with van der Waals surface area (Å²) in [6, 6.07) is 26.6. The average Bonchev–Trinajstić information content (AvgIpc) is 2.77. The van der Waals surface area contributed by atoms with E-state index in [1.165, 1.54) is 0 Å². The number of benzene rings is 2. The minimum absolute atomic E-state index is 0.503. The molecule has 0 saturated carbocycles. The molecule has 0 fully saturated rings. The Balaban J connectivity index is 0.000000168. The number of aromatic nitrogens is 2. The lowest BCUT2D eigenvalue weighted by Crippen LogP contribution is -2.29. The van der Waals surface area contributed by atoms with Crippen LogP contribution in [0.2, 0.25) is 0 Å². The topological polar surface area (TPSA) is 66.2 Å². The molecule has 152 valence electrons. The molecule has 30 heavy (non-hydrogen) atoms. The third-order valence-electron chi connectivity index (χ3n) is 3.60. The van der Waals surface area contributed by atoms with E-state index in [0.29, 0.717) is 5.46 Å². The average molecular weight is 593 g/mol. The van der Waals surface area contributed by atoms with Crippen molar-refractivity contribution in [3.63, 3.8) is 0 Å². The molecule has 0 unspecified atom stereocenters. The smallest absolute Gasteiger partial charge is 0.423 e. The number of nitrogens with zero attached hydrogens (tertiary/aromatic N) is 2. The standard InChI is InChI=1S/C11H8BrN.C6H6BBrO2.C5H4BrN/c12-10-6-4-9(5-7-10)11-3-1-2-8-13-11;8-6-3-1-5(2-4-6)7(9)10;6-5-3-1-2-4-7-5/h1-8H;1-4,9-10H;1-4H. The van der Waals surface area contributed by atoms with Gasteiger partial charge in [-0.1, -0.05) is 68.3 Å². The molecular formula is C22H18BBr3N2O2. The van der Waals surface area contributed by atoms with Crippen LogP contribution in [0, 0.1) is 0 Å². The molecule has 0 aliphatic rings. The maximum Gasteiger partial charge on any atom is 0.488 e. The monoisotopic (exact) mass is 590 g/mol. The van der Waals surface area contributed by atoms with Crippen molar-refractivity contribution in [1.29, 1.82) is 0 Å². The molecule has 2 heterocycles. The van der Waals surface area contributed by atoms with Crippen LogP contribution in [0.15, 0.2) is 111 Å². The van der Waals surface area contributed by atoms with Gasteiger partial charge in [0, 0.05) is 26.9 Å². The molecule has 0 atom stereocenters. The van der Waals surface area contributed by atoms with Gasteiger partial charge in [0.1, 0.15) is 4.60 Å². The third-order valence-corrected chi connectivity index (χ3v) is 5.13. The molecule has 4 nitrogen and oxygen atoms in total. The summed E-state index contributed by atoms with van der Waals surface area (Å²) in [6.07, 6.45) is 3.54. The minimum Gasteiger partial charge on any atom is -0.423 e. The van der Waals surface area contributed by atoms with E-state index in [9.17, 15) is 0 Å². The first-order valence-corrected chi connectivity index (χ1v) is 11.2. The summed E-state index contributed by atoms with van der Waals surface area (Å²) in [4.78, 5) is 8.16. The lowest BCUT2D eigenvalue weighted by molar-refractivity contribution is 0.426. The van der Waals surface area contributed by atoms with Crippen LogP contribution in [0.3, 0.4) is 0 Å². The maximum atomic E-state index is 8.65. The molecule has 2 aromatic carbocycles. The normalized spacial score (nSPS) is 9.50. The van der Waals surface area contributed by atoms with Crippen LogP contribution in [0.1, 0.15) is 0 Å². The molecule has 0 saturated heterocycles.